The highest BCUT2D eigenvalue weighted by molar-refractivity contribution is 6.03. The molecule has 1 aliphatic rings. The van der Waals surface area contributed by atoms with E-state index in [1.54, 1.807) is 44.2 Å². The number of carbonyl (C=O) groups is 2. The van der Waals surface area contributed by atoms with E-state index in [0.29, 0.717) is 47.3 Å². The maximum atomic E-state index is 13.7. The van der Waals surface area contributed by atoms with Gasteiger partial charge in [-0.2, -0.15) is 0 Å². The van der Waals surface area contributed by atoms with Gasteiger partial charge in [0.1, 0.15) is 25.6 Å². The Hall–Kier alpha value is -3.95. The Labute approximate surface area is 177 Å². The van der Waals surface area contributed by atoms with Crippen LogP contribution in [-0.4, -0.2) is 40.0 Å². The molecule has 2 N–H and O–H groups in total. The van der Waals surface area contributed by atoms with E-state index in [2.05, 4.69) is 20.9 Å². The highest BCUT2D eigenvalue weighted by atomic mass is 19.1. The fourth-order valence-electron chi connectivity index (χ4n) is 3.04. The molecule has 0 saturated carbocycles. The van der Waals surface area contributed by atoms with Gasteiger partial charge in [-0.25, -0.2) is 9.07 Å². The lowest BCUT2D eigenvalue weighted by Crippen LogP contribution is -2.21. The molecule has 0 atom stereocenters. The zero-order valence-corrected chi connectivity index (χ0v) is 16.9. The second-order valence-electron chi connectivity index (χ2n) is 7.01. The molecule has 2 amide bonds. The van der Waals surface area contributed by atoms with E-state index >= 15 is 0 Å². The third kappa shape index (κ3) is 4.47. The first-order valence-corrected chi connectivity index (χ1v) is 9.58. The van der Waals surface area contributed by atoms with Gasteiger partial charge in [-0.1, -0.05) is 11.3 Å². The average molecular weight is 425 g/mol. The Morgan fingerprint density at radius 1 is 1.03 bits per heavy atom. The number of fused-ring (bicyclic) bond motifs is 1. The Morgan fingerprint density at radius 2 is 1.74 bits per heavy atom. The summed E-state index contributed by atoms with van der Waals surface area (Å²) in [5.41, 5.74) is 1.78. The van der Waals surface area contributed by atoms with Crippen molar-refractivity contribution in [2.45, 2.75) is 20.4 Å². The Balaban J connectivity index is 1.41. The van der Waals surface area contributed by atoms with Crippen LogP contribution in [-0.2, 0) is 11.3 Å². The van der Waals surface area contributed by atoms with E-state index in [4.69, 9.17) is 9.47 Å². The highest BCUT2D eigenvalue weighted by Crippen LogP contribution is 2.32. The Morgan fingerprint density at radius 3 is 2.52 bits per heavy atom. The summed E-state index contributed by atoms with van der Waals surface area (Å²) in [6.45, 7) is 4.05. The van der Waals surface area contributed by atoms with Crippen LogP contribution in [0.25, 0.3) is 0 Å². The SMILES string of the molecule is Cc1ccc(NC(=O)c2nnn(CC(=O)Nc3ccc4c(c3)OCCO4)c2C)cc1F. The zero-order valence-electron chi connectivity index (χ0n) is 16.9. The fourth-order valence-corrected chi connectivity index (χ4v) is 3.04. The maximum absolute atomic E-state index is 13.7. The predicted molar refractivity (Wildman–Crippen MR) is 110 cm³/mol. The van der Waals surface area contributed by atoms with Gasteiger partial charge in [-0.05, 0) is 43.7 Å². The van der Waals surface area contributed by atoms with Gasteiger partial charge in [0.2, 0.25) is 5.91 Å². The summed E-state index contributed by atoms with van der Waals surface area (Å²) in [7, 11) is 0. The molecule has 0 radical (unpaired) electrons. The highest BCUT2D eigenvalue weighted by Gasteiger charge is 2.19. The van der Waals surface area contributed by atoms with Crippen molar-refractivity contribution in [1.29, 1.82) is 0 Å². The first-order valence-electron chi connectivity index (χ1n) is 9.58. The molecule has 1 aromatic heterocycles. The second-order valence-corrected chi connectivity index (χ2v) is 7.01. The molecule has 2 aromatic carbocycles. The molecule has 0 saturated heterocycles. The van der Waals surface area contributed by atoms with E-state index in [9.17, 15) is 14.0 Å². The maximum Gasteiger partial charge on any atom is 0.278 e. The van der Waals surface area contributed by atoms with Crippen LogP contribution in [0.3, 0.4) is 0 Å². The lowest BCUT2D eigenvalue weighted by molar-refractivity contribution is -0.117. The minimum atomic E-state index is -0.542. The van der Waals surface area contributed by atoms with Crippen LogP contribution in [0.1, 0.15) is 21.7 Å². The van der Waals surface area contributed by atoms with Gasteiger partial charge in [0.05, 0.1) is 5.69 Å². The lowest BCUT2D eigenvalue weighted by atomic mass is 10.2. The number of aromatic nitrogens is 3. The van der Waals surface area contributed by atoms with Crippen LogP contribution in [0.2, 0.25) is 0 Å². The molecule has 160 valence electrons. The van der Waals surface area contributed by atoms with Crippen molar-refractivity contribution < 1.29 is 23.5 Å². The van der Waals surface area contributed by atoms with Crippen molar-refractivity contribution in [3.05, 3.63) is 59.2 Å². The Kier molecular flexibility index (Phi) is 5.52. The van der Waals surface area contributed by atoms with Crippen molar-refractivity contribution in [1.82, 2.24) is 15.0 Å². The van der Waals surface area contributed by atoms with E-state index in [0.717, 1.165) is 0 Å². The van der Waals surface area contributed by atoms with Crippen LogP contribution >= 0.6 is 0 Å². The molecule has 1 aliphatic heterocycles. The molecule has 9 nitrogen and oxygen atoms in total. The van der Waals surface area contributed by atoms with Gasteiger partial charge < -0.3 is 20.1 Å². The summed E-state index contributed by atoms with van der Waals surface area (Å²) in [6, 6.07) is 9.50. The number of carbonyl (C=O) groups excluding carboxylic acids is 2. The number of rotatable bonds is 5. The van der Waals surface area contributed by atoms with Crippen LogP contribution in [0.15, 0.2) is 36.4 Å². The number of amides is 2. The molecule has 0 spiro atoms. The third-order valence-corrected chi connectivity index (χ3v) is 4.75. The predicted octanol–water partition coefficient (Wildman–Crippen LogP) is 2.70. The number of hydrogen-bond acceptors (Lipinski definition) is 6. The number of anilines is 2. The summed E-state index contributed by atoms with van der Waals surface area (Å²) in [5, 5.41) is 13.1. The summed E-state index contributed by atoms with van der Waals surface area (Å²) in [6.07, 6.45) is 0. The lowest BCUT2D eigenvalue weighted by Gasteiger charge is -2.19. The first kappa shape index (κ1) is 20.3. The first-order chi connectivity index (χ1) is 14.9. The number of nitrogens with one attached hydrogen (secondary N) is 2. The van der Waals surface area contributed by atoms with Gasteiger partial charge >= 0.3 is 0 Å². The largest absolute Gasteiger partial charge is 0.486 e. The zero-order chi connectivity index (χ0) is 22.0. The van der Waals surface area contributed by atoms with E-state index in [-0.39, 0.29) is 18.1 Å². The average Bonchev–Trinajstić information content (AvgIpc) is 3.10. The molecule has 0 unspecified atom stereocenters. The third-order valence-electron chi connectivity index (χ3n) is 4.75. The number of halogens is 1. The van der Waals surface area contributed by atoms with Gasteiger partial charge in [-0.3, -0.25) is 9.59 Å². The molecular weight excluding hydrogens is 405 g/mol. The van der Waals surface area contributed by atoms with Crippen molar-refractivity contribution in [3.63, 3.8) is 0 Å². The molecule has 10 heteroatoms. The topological polar surface area (TPSA) is 107 Å². The number of ether oxygens (including phenoxy) is 2. The number of benzene rings is 2. The van der Waals surface area contributed by atoms with Gasteiger partial charge in [0.25, 0.3) is 5.91 Å². The van der Waals surface area contributed by atoms with Gasteiger partial charge in [-0.15, -0.1) is 5.10 Å². The molecule has 4 rings (SSSR count). The minimum absolute atomic E-state index is 0.0492. The van der Waals surface area contributed by atoms with Crippen molar-refractivity contribution in [3.8, 4) is 11.5 Å². The summed E-state index contributed by atoms with van der Waals surface area (Å²) in [5.74, 6) is -0.126. The molecule has 0 aliphatic carbocycles. The molecule has 31 heavy (non-hydrogen) atoms. The standard InChI is InChI=1S/C21H20FN5O4/c1-12-3-4-14(9-16(12)22)24-21(29)20-13(2)27(26-25-20)11-19(28)23-15-5-6-17-18(10-15)31-8-7-30-17/h3-6,9-10H,7-8,11H2,1-2H3,(H,23,28)(H,24,29). The molecule has 0 bridgehead atoms. The Bertz CT molecular complexity index is 1160. The van der Waals surface area contributed by atoms with Crippen LogP contribution in [0.4, 0.5) is 15.8 Å². The van der Waals surface area contributed by atoms with E-state index in [1.807, 2.05) is 0 Å². The van der Waals surface area contributed by atoms with Crippen molar-refractivity contribution in [2.75, 3.05) is 23.8 Å². The van der Waals surface area contributed by atoms with Crippen LogP contribution in [0.5, 0.6) is 11.5 Å². The summed E-state index contributed by atoms with van der Waals surface area (Å²) in [4.78, 5) is 24.9. The number of nitrogens with zero attached hydrogens (tertiary/aromatic N) is 3. The van der Waals surface area contributed by atoms with Gasteiger partial charge in [0.15, 0.2) is 17.2 Å². The minimum Gasteiger partial charge on any atom is -0.486 e. The summed E-state index contributed by atoms with van der Waals surface area (Å²) >= 11 is 0. The molecule has 2 heterocycles. The van der Waals surface area contributed by atoms with Crippen molar-refractivity contribution >= 4 is 23.2 Å². The second kappa shape index (κ2) is 8.42. The number of hydrogen-bond donors (Lipinski definition) is 2. The monoisotopic (exact) mass is 425 g/mol. The molecule has 3 aromatic rings. The normalized spacial score (nSPS) is 12.4. The van der Waals surface area contributed by atoms with Crippen LogP contribution in [0, 0.1) is 19.7 Å². The van der Waals surface area contributed by atoms with Crippen molar-refractivity contribution in [2.24, 2.45) is 0 Å². The van der Waals surface area contributed by atoms with E-state index < -0.39 is 11.7 Å². The van der Waals surface area contributed by atoms with E-state index in [1.165, 1.54) is 10.7 Å². The van der Waals surface area contributed by atoms with Gasteiger partial charge in [0, 0.05) is 17.4 Å². The smallest absolute Gasteiger partial charge is 0.278 e. The van der Waals surface area contributed by atoms with Crippen LogP contribution < -0.4 is 20.1 Å². The quantitative estimate of drug-likeness (QED) is 0.651. The fraction of sp³-hybridized carbons (Fsp3) is 0.238. The molecule has 0 fully saturated rings. The molecular formula is C21H20FN5O4. The summed E-state index contributed by atoms with van der Waals surface area (Å²) < 4.78 is 26.0. The number of aryl methyl sites for hydroxylation is 1.